The molecule has 0 fully saturated rings. The lowest BCUT2D eigenvalue weighted by atomic mass is 10.2. The monoisotopic (exact) mass is 304 g/mol. The summed E-state index contributed by atoms with van der Waals surface area (Å²) in [5.41, 5.74) is 4.94. The number of nitrogens with one attached hydrogen (secondary N) is 1. The SMILES string of the molecule is Cc1nccc(C(=O)NN(c2ccccc2)c2ccccc2)n1. The van der Waals surface area contributed by atoms with Gasteiger partial charge in [0.15, 0.2) is 0 Å². The van der Waals surface area contributed by atoms with E-state index in [0.717, 1.165) is 11.4 Å². The Labute approximate surface area is 134 Å². The number of rotatable bonds is 4. The Morgan fingerprint density at radius 1 is 0.913 bits per heavy atom. The molecule has 1 N–H and O–H groups in total. The van der Waals surface area contributed by atoms with E-state index in [1.807, 2.05) is 60.7 Å². The minimum atomic E-state index is -0.289. The van der Waals surface area contributed by atoms with E-state index in [1.165, 1.54) is 0 Å². The number of hydrazine groups is 1. The second-order valence-corrected chi connectivity index (χ2v) is 4.94. The quantitative estimate of drug-likeness (QED) is 0.752. The van der Waals surface area contributed by atoms with Gasteiger partial charge in [-0.1, -0.05) is 36.4 Å². The first-order chi connectivity index (χ1) is 11.2. The summed E-state index contributed by atoms with van der Waals surface area (Å²) in [5.74, 6) is 0.270. The van der Waals surface area contributed by atoms with Crippen LogP contribution in [0.4, 0.5) is 11.4 Å². The number of amides is 1. The predicted molar refractivity (Wildman–Crippen MR) is 89.3 cm³/mol. The number of carbonyl (C=O) groups is 1. The van der Waals surface area contributed by atoms with Gasteiger partial charge >= 0.3 is 0 Å². The van der Waals surface area contributed by atoms with Crippen molar-refractivity contribution in [1.29, 1.82) is 0 Å². The van der Waals surface area contributed by atoms with Crippen molar-refractivity contribution in [2.75, 3.05) is 5.01 Å². The van der Waals surface area contributed by atoms with Crippen LogP contribution in [0.1, 0.15) is 16.3 Å². The summed E-state index contributed by atoms with van der Waals surface area (Å²) < 4.78 is 0. The standard InChI is InChI=1S/C18H16N4O/c1-14-19-13-12-17(20-14)18(23)21-22(15-8-4-2-5-9-15)16-10-6-3-7-11-16/h2-13H,1H3,(H,21,23). The van der Waals surface area contributed by atoms with Crippen molar-refractivity contribution in [3.63, 3.8) is 0 Å². The zero-order chi connectivity index (χ0) is 16.1. The van der Waals surface area contributed by atoms with Crippen LogP contribution in [0.25, 0.3) is 0 Å². The number of para-hydroxylation sites is 2. The van der Waals surface area contributed by atoms with Crippen molar-refractivity contribution in [3.05, 3.63) is 84.4 Å². The molecule has 23 heavy (non-hydrogen) atoms. The Morgan fingerprint density at radius 3 is 2.00 bits per heavy atom. The van der Waals surface area contributed by atoms with Gasteiger partial charge in [0.25, 0.3) is 5.91 Å². The number of benzene rings is 2. The molecule has 0 aliphatic carbocycles. The second-order valence-electron chi connectivity index (χ2n) is 4.94. The molecule has 0 aliphatic rings. The van der Waals surface area contributed by atoms with E-state index in [-0.39, 0.29) is 5.91 Å². The zero-order valence-electron chi connectivity index (χ0n) is 12.7. The molecule has 1 aromatic heterocycles. The zero-order valence-corrected chi connectivity index (χ0v) is 12.7. The molecule has 3 rings (SSSR count). The topological polar surface area (TPSA) is 58.1 Å². The van der Waals surface area contributed by atoms with Crippen molar-refractivity contribution >= 4 is 17.3 Å². The molecule has 0 aliphatic heterocycles. The maximum absolute atomic E-state index is 12.5. The lowest BCUT2D eigenvalue weighted by Crippen LogP contribution is -2.39. The van der Waals surface area contributed by atoms with Gasteiger partial charge in [0.1, 0.15) is 11.5 Å². The third-order valence-electron chi connectivity index (χ3n) is 3.25. The number of aromatic nitrogens is 2. The molecule has 0 spiro atoms. The van der Waals surface area contributed by atoms with Crippen LogP contribution in [0, 0.1) is 6.92 Å². The average Bonchev–Trinajstić information content (AvgIpc) is 2.61. The predicted octanol–water partition coefficient (Wildman–Crippen LogP) is 3.27. The number of carbonyl (C=O) groups excluding carboxylic acids is 1. The fourth-order valence-electron chi connectivity index (χ4n) is 2.17. The molecule has 1 amide bonds. The van der Waals surface area contributed by atoms with Gasteiger partial charge in [-0.2, -0.15) is 0 Å². The fraction of sp³-hybridized carbons (Fsp3) is 0.0556. The average molecular weight is 304 g/mol. The van der Waals surface area contributed by atoms with Crippen molar-refractivity contribution in [1.82, 2.24) is 15.4 Å². The maximum atomic E-state index is 12.5. The summed E-state index contributed by atoms with van der Waals surface area (Å²) in [6.07, 6.45) is 1.58. The van der Waals surface area contributed by atoms with Gasteiger partial charge in [-0.05, 0) is 37.3 Å². The molecule has 114 valence electrons. The number of hydrogen-bond acceptors (Lipinski definition) is 4. The van der Waals surface area contributed by atoms with Gasteiger partial charge in [-0.3, -0.25) is 15.2 Å². The Balaban J connectivity index is 1.92. The molecule has 0 radical (unpaired) electrons. The highest BCUT2D eigenvalue weighted by Gasteiger charge is 2.15. The second kappa shape index (κ2) is 6.70. The summed E-state index contributed by atoms with van der Waals surface area (Å²) >= 11 is 0. The van der Waals surface area contributed by atoms with Crippen LogP contribution in [-0.4, -0.2) is 15.9 Å². The number of anilines is 2. The van der Waals surface area contributed by atoms with Gasteiger partial charge in [-0.25, -0.2) is 9.97 Å². The van der Waals surface area contributed by atoms with Crippen molar-refractivity contribution in [2.24, 2.45) is 0 Å². The molecule has 1 heterocycles. The normalized spacial score (nSPS) is 10.1. The van der Waals surface area contributed by atoms with Crippen molar-refractivity contribution in [3.8, 4) is 0 Å². The lowest BCUT2D eigenvalue weighted by molar-refractivity contribution is 0.0948. The van der Waals surface area contributed by atoms with E-state index >= 15 is 0 Å². The van der Waals surface area contributed by atoms with Crippen LogP contribution in [0.5, 0.6) is 0 Å². The first-order valence-electron chi connectivity index (χ1n) is 7.25. The molecule has 0 saturated heterocycles. The first-order valence-corrected chi connectivity index (χ1v) is 7.25. The maximum Gasteiger partial charge on any atom is 0.288 e. The Kier molecular flexibility index (Phi) is 4.29. The molecule has 0 saturated carbocycles. The summed E-state index contributed by atoms with van der Waals surface area (Å²) in [6, 6.07) is 20.9. The van der Waals surface area contributed by atoms with Gasteiger partial charge in [0.2, 0.25) is 0 Å². The summed E-state index contributed by atoms with van der Waals surface area (Å²) in [6.45, 7) is 1.75. The number of nitrogens with zero attached hydrogens (tertiary/aromatic N) is 3. The van der Waals surface area contributed by atoms with Gasteiger partial charge in [-0.15, -0.1) is 0 Å². The third-order valence-corrected chi connectivity index (χ3v) is 3.25. The molecule has 0 bridgehead atoms. The van der Waals surface area contributed by atoms with Crippen LogP contribution >= 0.6 is 0 Å². The summed E-state index contributed by atoms with van der Waals surface area (Å²) in [5, 5.41) is 1.74. The van der Waals surface area contributed by atoms with Gasteiger partial charge in [0, 0.05) is 6.20 Å². The largest absolute Gasteiger partial charge is 0.288 e. The van der Waals surface area contributed by atoms with Gasteiger partial charge in [0.05, 0.1) is 11.4 Å². The highest BCUT2D eigenvalue weighted by molar-refractivity contribution is 5.94. The van der Waals surface area contributed by atoms with E-state index in [9.17, 15) is 4.79 Å². The van der Waals surface area contributed by atoms with Crippen molar-refractivity contribution in [2.45, 2.75) is 6.92 Å². The molecule has 3 aromatic rings. The molecule has 2 aromatic carbocycles. The van der Waals surface area contributed by atoms with E-state index < -0.39 is 0 Å². The summed E-state index contributed by atoms with van der Waals surface area (Å²) in [7, 11) is 0. The van der Waals surface area contributed by atoms with Crippen molar-refractivity contribution < 1.29 is 4.79 Å². The number of hydrogen-bond donors (Lipinski definition) is 1. The molecular weight excluding hydrogens is 288 g/mol. The highest BCUT2D eigenvalue weighted by atomic mass is 16.2. The van der Waals surface area contributed by atoms with Crippen LogP contribution in [0.15, 0.2) is 72.9 Å². The van der Waals surface area contributed by atoms with E-state index in [2.05, 4.69) is 15.4 Å². The summed E-state index contributed by atoms with van der Waals surface area (Å²) in [4.78, 5) is 20.7. The van der Waals surface area contributed by atoms with E-state index in [0.29, 0.717) is 11.5 Å². The van der Waals surface area contributed by atoms with Crippen LogP contribution < -0.4 is 10.4 Å². The van der Waals surface area contributed by atoms with E-state index in [4.69, 9.17) is 0 Å². The highest BCUT2D eigenvalue weighted by Crippen LogP contribution is 2.22. The fourth-order valence-corrected chi connectivity index (χ4v) is 2.17. The minimum absolute atomic E-state index is 0.289. The van der Waals surface area contributed by atoms with Crippen LogP contribution in [0.2, 0.25) is 0 Å². The Morgan fingerprint density at radius 2 is 1.48 bits per heavy atom. The molecule has 0 atom stereocenters. The Hall–Kier alpha value is -3.21. The van der Waals surface area contributed by atoms with Crippen LogP contribution in [-0.2, 0) is 0 Å². The minimum Gasteiger partial charge on any atom is -0.266 e. The smallest absolute Gasteiger partial charge is 0.266 e. The molecule has 0 unspecified atom stereocenters. The van der Waals surface area contributed by atoms with E-state index in [1.54, 1.807) is 24.2 Å². The lowest BCUT2D eigenvalue weighted by Gasteiger charge is -2.25. The first kappa shape index (κ1) is 14.7. The third kappa shape index (κ3) is 3.52. The number of aryl methyl sites for hydroxylation is 1. The molecule has 5 nitrogen and oxygen atoms in total. The van der Waals surface area contributed by atoms with Crippen LogP contribution in [0.3, 0.4) is 0 Å². The molecular formula is C18H16N4O. The Bertz CT molecular complexity index is 751. The molecule has 5 heteroatoms. The van der Waals surface area contributed by atoms with Gasteiger partial charge < -0.3 is 0 Å².